The molecule has 9 heteroatoms. The molecule has 358 valence electrons. The van der Waals surface area contributed by atoms with E-state index in [1.807, 2.05) is 30.3 Å². The van der Waals surface area contributed by atoms with Gasteiger partial charge in [0, 0.05) is 184 Å². The van der Waals surface area contributed by atoms with Crippen molar-refractivity contribution in [2.45, 2.75) is 11.2 Å². The van der Waals surface area contributed by atoms with Crippen LogP contribution in [-0.4, -0.2) is 17.3 Å². The summed E-state index contributed by atoms with van der Waals surface area (Å²) in [4.78, 5) is 78.4. The van der Waals surface area contributed by atoms with E-state index in [0.717, 1.165) is 162 Å². The number of ether oxygens (including phenoxy) is 1. The van der Waals surface area contributed by atoms with E-state index >= 15 is 29.4 Å². The molecule has 0 bridgehead atoms. The molecule has 2 N–H and O–H groups in total. The molecule has 0 aromatic heterocycles. The van der Waals surface area contributed by atoms with Crippen molar-refractivity contribution in [1.82, 2.24) is 0 Å². The maximum absolute atomic E-state index is 17.3. The third kappa shape index (κ3) is 2.28. The molecule has 0 aliphatic heterocycles. The molecule has 3 aliphatic carbocycles. The Kier molecular flexibility index (Phi) is 3.77. The molecule has 0 radical (unpaired) electrons. The Hall–Kier alpha value is -10.6. The van der Waals surface area contributed by atoms with E-state index in [1.54, 1.807) is 31.4 Å². The fourth-order valence-corrected chi connectivity index (χ4v) is 23.1. The summed E-state index contributed by atoms with van der Waals surface area (Å²) in [5.74, 6) is 0.588. The highest BCUT2D eigenvalue weighted by Crippen LogP contribution is 2.78. The van der Waals surface area contributed by atoms with E-state index in [2.05, 4.69) is 0 Å². The number of methoxy groups -OCH3 is 1. The van der Waals surface area contributed by atoms with Crippen molar-refractivity contribution < 1.29 is 14.9 Å². The highest BCUT2D eigenvalue weighted by molar-refractivity contribution is 6.78. The number of para-hydroxylation sites is 1. The van der Waals surface area contributed by atoms with Crippen molar-refractivity contribution in [2.24, 2.45) is 9.98 Å². The van der Waals surface area contributed by atoms with Gasteiger partial charge in [-0.1, -0.05) is 18.2 Å². The van der Waals surface area contributed by atoms with Gasteiger partial charge in [-0.3, -0.25) is 19.2 Å². The van der Waals surface area contributed by atoms with Gasteiger partial charge in [-0.2, -0.15) is 0 Å². The highest BCUT2D eigenvalue weighted by atomic mass is 16.5. The zero-order valence-electron chi connectivity index (χ0n) is 41.5. The highest BCUT2D eigenvalue weighted by Gasteiger charge is 2.64. The number of aliphatic hydroxyl groups is 2. The van der Waals surface area contributed by atoms with Gasteiger partial charge in [-0.05, 0) is 133 Å². The van der Waals surface area contributed by atoms with Crippen LogP contribution >= 0.6 is 0 Å². The summed E-state index contributed by atoms with van der Waals surface area (Å²) in [6, 6.07) is 16.3. The monoisotopic (exact) mass is 1030 g/mol. The SMILES string of the molecule is COc1ccc(N=c2c3c(c(=Nc4ccccc4)c2=O)[C@]2(O)c4c5c6c7c(c8c(=O)c9c%10c(=O)c%11c%12c(=O)c%13c2c2c4c4c6c6c%14c7c7c8c9c8c9c%10c%11c%10c%11c%12c%13c%12c2c2c4c6c4c6c%14c7c8c7c9c%10c8c%11c%12c2c4c8c76)[C@@]35O)cc1. The average molecular weight is 1030 g/mol. The molecule has 30 rings (SSSR count). The quantitative estimate of drug-likeness (QED) is 0.168. The fourth-order valence-electron chi connectivity index (χ4n) is 23.1. The summed E-state index contributed by atoms with van der Waals surface area (Å²) >= 11 is 0. The zero-order valence-corrected chi connectivity index (χ0v) is 41.5. The minimum atomic E-state index is -2.33. The number of hydrogen-bond donors (Lipinski definition) is 2. The lowest BCUT2D eigenvalue weighted by Gasteiger charge is -2.41. The molecular weight excluding hydrogens is 1020 g/mol. The first-order valence-corrected chi connectivity index (χ1v) is 28.3. The van der Waals surface area contributed by atoms with Gasteiger partial charge in [0.15, 0.2) is 16.3 Å². The van der Waals surface area contributed by atoms with Crippen molar-refractivity contribution in [3.8, 4) is 5.75 Å². The second-order valence-corrected chi connectivity index (χ2v) is 26.2. The summed E-state index contributed by atoms with van der Waals surface area (Å²) in [7, 11) is 1.59. The third-order valence-corrected chi connectivity index (χ3v) is 24.5. The molecule has 0 saturated heterocycles. The van der Waals surface area contributed by atoms with Crippen LogP contribution < -0.4 is 37.2 Å². The Bertz CT molecular complexity index is 8220. The summed E-state index contributed by atoms with van der Waals surface area (Å²) in [5, 5.41) is 74.8. The number of nitrogens with zero attached hydrogens (tertiary/aromatic N) is 2. The van der Waals surface area contributed by atoms with Gasteiger partial charge in [0.05, 0.1) is 18.5 Å². The van der Waals surface area contributed by atoms with Gasteiger partial charge in [0.2, 0.25) is 5.43 Å². The predicted molar refractivity (Wildman–Crippen MR) is 326 cm³/mol. The Morgan fingerprint density at radius 3 is 0.817 bits per heavy atom. The number of fused-ring (bicyclic) bond motifs is 9. The van der Waals surface area contributed by atoms with Gasteiger partial charge in [0.1, 0.15) is 27.7 Å². The van der Waals surface area contributed by atoms with Gasteiger partial charge < -0.3 is 14.9 Å². The Morgan fingerprint density at radius 1 is 0.268 bits per heavy atom. The largest absolute Gasteiger partial charge is 0.497 e. The third-order valence-electron chi connectivity index (χ3n) is 24.5. The number of hydrogen-bond acceptors (Lipinski definition) is 9. The van der Waals surface area contributed by atoms with Gasteiger partial charge in [-0.15, -0.1) is 0 Å². The maximum atomic E-state index is 17.3. The standard InChI is InChI=1S/C73H14N2O7/c1-82-13-9-7-12(8-10-13)75-67-65-64(66(71(67)79)74-11-5-3-2-4-6-11)72(80)60-50-40-30-21-16-14-15-17-18(16)29-32(30)42-43-33(29)31-22(17)28-26-20(15)24-23-19(14)25-27(21)38(40)48-46-36(25)34(23)44-45-35(24)37(26)47-49-39(28)41(31)51-53(43)63(62(72)52(42)50)73(65,81)61(51)59(49)70(78)57(47)55(45)68(76)54(44)56(46)69(77)58(48)60/h2-10,80-81H,1H3/t72-,73+/m1/s1. The molecule has 0 fully saturated rings. The molecule has 82 heavy (non-hydrogen) atoms. The van der Waals surface area contributed by atoms with Gasteiger partial charge in [-0.25, -0.2) is 9.98 Å². The summed E-state index contributed by atoms with van der Waals surface area (Å²) in [6.07, 6.45) is 0. The molecule has 0 saturated carbocycles. The predicted octanol–water partition coefficient (Wildman–Crippen LogP) is 13.0. The van der Waals surface area contributed by atoms with E-state index in [1.165, 1.54) is 53.9 Å². The van der Waals surface area contributed by atoms with Crippen molar-refractivity contribution in [2.75, 3.05) is 7.11 Å². The summed E-state index contributed by atoms with van der Waals surface area (Å²) < 4.78 is 5.60. The molecule has 27 aromatic carbocycles. The Labute approximate surface area is 445 Å². The first-order chi connectivity index (χ1) is 40.2. The first kappa shape index (κ1) is 35.1. The summed E-state index contributed by atoms with van der Waals surface area (Å²) in [6.45, 7) is 0. The van der Waals surface area contributed by atoms with Crippen LogP contribution in [0.3, 0.4) is 0 Å². The molecule has 2 atom stereocenters. The van der Waals surface area contributed by atoms with E-state index in [-0.39, 0.29) is 38.1 Å². The molecule has 0 heterocycles. The van der Waals surface area contributed by atoms with E-state index < -0.39 is 16.6 Å². The maximum Gasteiger partial charge on any atom is 0.230 e. The van der Waals surface area contributed by atoms with Crippen molar-refractivity contribution in [3.63, 3.8) is 0 Å². The molecule has 0 amide bonds. The smallest absolute Gasteiger partial charge is 0.230 e. The Morgan fingerprint density at radius 2 is 0.512 bits per heavy atom. The van der Waals surface area contributed by atoms with Crippen molar-refractivity contribution in [3.05, 3.63) is 140 Å². The van der Waals surface area contributed by atoms with Crippen LogP contribution in [0.25, 0.3) is 248 Å². The minimum absolute atomic E-state index is 0.0619. The molecule has 0 spiro atoms. The molecule has 9 nitrogen and oxygen atoms in total. The second kappa shape index (κ2) is 8.80. The second-order valence-electron chi connectivity index (χ2n) is 26.2. The minimum Gasteiger partial charge on any atom is -0.497 e. The normalized spacial score (nSPS) is 20.1. The van der Waals surface area contributed by atoms with Crippen LogP contribution in [0.2, 0.25) is 0 Å². The Balaban J connectivity index is 1.09. The molecule has 3 aliphatic rings. The zero-order chi connectivity index (χ0) is 51.7. The first-order valence-electron chi connectivity index (χ1n) is 28.3. The number of rotatable bonds is 3. The fraction of sp³-hybridized carbons (Fsp3) is 0.0411. The molecule has 0 unspecified atom stereocenters. The lowest BCUT2D eigenvalue weighted by molar-refractivity contribution is 0.0825. The lowest BCUT2D eigenvalue weighted by Crippen LogP contribution is -2.46. The summed E-state index contributed by atoms with van der Waals surface area (Å²) in [5.41, 5.74) is -3.65. The van der Waals surface area contributed by atoms with Crippen LogP contribution in [0.1, 0.15) is 33.4 Å². The van der Waals surface area contributed by atoms with Crippen LogP contribution in [0.5, 0.6) is 5.75 Å². The van der Waals surface area contributed by atoms with Crippen LogP contribution in [0.4, 0.5) is 11.4 Å². The lowest BCUT2D eigenvalue weighted by atomic mass is 9.66. The molecule has 27 aromatic rings. The van der Waals surface area contributed by atoms with E-state index in [4.69, 9.17) is 14.7 Å². The van der Waals surface area contributed by atoms with Crippen LogP contribution in [-0.2, 0) is 11.2 Å². The molecular formula is C73H14N2O7. The van der Waals surface area contributed by atoms with Crippen molar-refractivity contribution in [1.29, 1.82) is 0 Å². The van der Waals surface area contributed by atoms with E-state index in [9.17, 15) is 0 Å². The topological polar surface area (TPSA) is 143 Å². The van der Waals surface area contributed by atoms with Gasteiger partial charge in [0.25, 0.3) is 0 Å². The van der Waals surface area contributed by atoms with E-state index in [0.29, 0.717) is 71.7 Å². The van der Waals surface area contributed by atoms with Gasteiger partial charge >= 0.3 is 0 Å². The average Bonchev–Trinajstić information content (AvgIpc) is 1.42. The van der Waals surface area contributed by atoms with Crippen LogP contribution in [0, 0.1) is 0 Å². The number of benzene rings is 17. The van der Waals surface area contributed by atoms with Crippen LogP contribution in [0.15, 0.2) is 83.8 Å². The van der Waals surface area contributed by atoms with Crippen molar-refractivity contribution >= 4 is 259 Å².